The number of fused-ring (bicyclic) bond motifs is 1. The summed E-state index contributed by atoms with van der Waals surface area (Å²) in [4.78, 5) is 1.37. The van der Waals surface area contributed by atoms with Crippen molar-refractivity contribution in [2.45, 2.75) is 30.0 Å². The Morgan fingerprint density at radius 3 is 3.12 bits per heavy atom. The Hall–Kier alpha value is -1.07. The summed E-state index contributed by atoms with van der Waals surface area (Å²) < 4.78 is 2.80. The zero-order valence-electron chi connectivity index (χ0n) is 9.51. The maximum Gasteiger partial charge on any atom is 0.195 e. The third-order valence-corrected chi connectivity index (χ3v) is 4.67. The third kappa shape index (κ3) is 1.83. The molecule has 0 fully saturated rings. The molecule has 0 amide bonds. The summed E-state index contributed by atoms with van der Waals surface area (Å²) in [7, 11) is 0. The Morgan fingerprint density at radius 1 is 1.53 bits per heavy atom. The van der Waals surface area contributed by atoms with Crippen molar-refractivity contribution in [3.63, 3.8) is 0 Å². The molecular formula is C12H13N3S2. The van der Waals surface area contributed by atoms with Crippen molar-refractivity contribution in [1.82, 2.24) is 14.8 Å². The lowest BCUT2D eigenvalue weighted by atomic mass is 10.1. The van der Waals surface area contributed by atoms with Crippen molar-refractivity contribution in [3.05, 3.63) is 40.4 Å². The first kappa shape index (κ1) is 11.0. The second-order valence-electron chi connectivity index (χ2n) is 4.05. The number of nitrogens with one attached hydrogen (secondary N) is 1. The molecule has 17 heavy (non-hydrogen) atoms. The molecule has 1 aromatic heterocycles. The van der Waals surface area contributed by atoms with Crippen molar-refractivity contribution in [3.8, 4) is 0 Å². The molecule has 5 heteroatoms. The van der Waals surface area contributed by atoms with E-state index in [2.05, 4.69) is 46.0 Å². The van der Waals surface area contributed by atoms with E-state index in [-0.39, 0.29) is 0 Å². The number of hydrogen-bond acceptors (Lipinski definition) is 3. The number of nitrogens with zero attached hydrogens (tertiary/aromatic N) is 2. The van der Waals surface area contributed by atoms with Crippen LogP contribution in [0.3, 0.4) is 0 Å². The summed E-state index contributed by atoms with van der Waals surface area (Å²) in [6.07, 6.45) is 1.04. The van der Waals surface area contributed by atoms with Crippen LogP contribution in [0.2, 0.25) is 0 Å². The highest BCUT2D eigenvalue weighted by atomic mass is 32.2. The largest absolute Gasteiger partial charge is 0.303 e. The Kier molecular flexibility index (Phi) is 2.80. The van der Waals surface area contributed by atoms with Crippen LogP contribution >= 0.6 is 24.0 Å². The highest BCUT2D eigenvalue weighted by Crippen LogP contribution is 2.45. The van der Waals surface area contributed by atoms with E-state index in [1.165, 1.54) is 10.5 Å². The Labute approximate surface area is 109 Å². The average molecular weight is 263 g/mol. The molecule has 2 aromatic rings. The molecule has 0 bridgehead atoms. The van der Waals surface area contributed by atoms with E-state index >= 15 is 0 Å². The summed E-state index contributed by atoms with van der Waals surface area (Å²) in [6, 6.07) is 8.56. The second-order valence-corrected chi connectivity index (χ2v) is 5.68. The normalized spacial score (nSPS) is 18.3. The minimum atomic E-state index is 0.389. The van der Waals surface area contributed by atoms with Crippen LogP contribution in [0, 0.1) is 4.77 Å². The highest BCUT2D eigenvalue weighted by molar-refractivity contribution is 7.99. The summed E-state index contributed by atoms with van der Waals surface area (Å²) in [5.41, 5.74) is 1.42. The molecule has 1 aromatic carbocycles. The lowest BCUT2D eigenvalue weighted by molar-refractivity contribution is 0.679. The van der Waals surface area contributed by atoms with E-state index in [9.17, 15) is 0 Å². The van der Waals surface area contributed by atoms with Gasteiger partial charge in [0.1, 0.15) is 5.82 Å². The quantitative estimate of drug-likeness (QED) is 0.844. The number of benzene rings is 1. The molecule has 0 saturated heterocycles. The van der Waals surface area contributed by atoms with Crippen LogP contribution in [0.4, 0.5) is 0 Å². The fourth-order valence-corrected chi connectivity index (χ4v) is 3.79. The van der Waals surface area contributed by atoms with Gasteiger partial charge in [0.25, 0.3) is 0 Å². The van der Waals surface area contributed by atoms with Gasteiger partial charge < -0.3 is 4.57 Å². The maximum atomic E-state index is 5.23. The van der Waals surface area contributed by atoms with Crippen molar-refractivity contribution in [2.75, 3.05) is 0 Å². The zero-order chi connectivity index (χ0) is 11.8. The Balaban J connectivity index is 1.96. The topological polar surface area (TPSA) is 33.6 Å². The van der Waals surface area contributed by atoms with E-state index in [1.807, 2.05) is 11.8 Å². The van der Waals surface area contributed by atoms with Crippen LogP contribution in [0.5, 0.6) is 0 Å². The molecule has 3 rings (SSSR count). The van der Waals surface area contributed by atoms with Crippen LogP contribution < -0.4 is 0 Å². The first-order chi connectivity index (χ1) is 8.29. The standard InChI is InChI=1S/C12H13N3S2/c1-2-15-11(13-14-12(15)16)10-7-8-5-3-4-6-9(8)17-10/h3-6,10H,2,7H2,1H3,(H,14,16). The van der Waals surface area contributed by atoms with Gasteiger partial charge in [0.15, 0.2) is 4.77 Å². The summed E-state index contributed by atoms with van der Waals surface area (Å²) >= 11 is 7.11. The van der Waals surface area contributed by atoms with Gasteiger partial charge in [-0.15, -0.1) is 11.8 Å². The number of hydrogen-bond donors (Lipinski definition) is 1. The first-order valence-corrected chi connectivity index (χ1v) is 6.98. The van der Waals surface area contributed by atoms with Crippen molar-refractivity contribution < 1.29 is 0 Å². The van der Waals surface area contributed by atoms with Gasteiger partial charge in [0.05, 0.1) is 5.25 Å². The predicted octanol–water partition coefficient (Wildman–Crippen LogP) is 3.35. The van der Waals surface area contributed by atoms with Crippen LogP contribution in [0.25, 0.3) is 0 Å². The molecule has 1 aliphatic rings. The van der Waals surface area contributed by atoms with E-state index in [0.29, 0.717) is 5.25 Å². The fourth-order valence-electron chi connectivity index (χ4n) is 2.21. The molecule has 2 heterocycles. The molecule has 0 saturated carbocycles. The van der Waals surface area contributed by atoms with Gasteiger partial charge in [-0.25, -0.2) is 0 Å². The molecule has 1 aliphatic heterocycles. The molecule has 1 unspecified atom stereocenters. The molecule has 3 nitrogen and oxygen atoms in total. The van der Waals surface area contributed by atoms with Gasteiger partial charge in [-0.2, -0.15) is 5.10 Å². The van der Waals surface area contributed by atoms with Gasteiger partial charge in [0.2, 0.25) is 0 Å². The average Bonchev–Trinajstić information content (AvgIpc) is 2.91. The van der Waals surface area contributed by atoms with Crippen molar-refractivity contribution in [1.29, 1.82) is 0 Å². The van der Waals surface area contributed by atoms with E-state index in [4.69, 9.17) is 12.2 Å². The number of H-pyrrole nitrogens is 1. The lowest BCUT2D eigenvalue weighted by Gasteiger charge is -2.08. The Morgan fingerprint density at radius 2 is 2.35 bits per heavy atom. The Bertz CT molecular complexity index is 575. The van der Waals surface area contributed by atoms with Crippen LogP contribution in [-0.4, -0.2) is 14.8 Å². The van der Waals surface area contributed by atoms with Gasteiger partial charge >= 0.3 is 0 Å². The molecule has 0 spiro atoms. The summed E-state index contributed by atoms with van der Waals surface area (Å²) in [5.74, 6) is 1.07. The molecule has 88 valence electrons. The van der Waals surface area contributed by atoms with Crippen LogP contribution in [0.15, 0.2) is 29.2 Å². The molecule has 0 radical (unpaired) electrons. The lowest BCUT2D eigenvalue weighted by Crippen LogP contribution is -2.05. The zero-order valence-corrected chi connectivity index (χ0v) is 11.1. The minimum Gasteiger partial charge on any atom is -0.303 e. The van der Waals surface area contributed by atoms with Crippen molar-refractivity contribution in [2.24, 2.45) is 0 Å². The van der Waals surface area contributed by atoms with Crippen LogP contribution in [0.1, 0.15) is 23.6 Å². The summed E-state index contributed by atoms with van der Waals surface area (Å²) in [6.45, 7) is 2.97. The SMILES string of the molecule is CCn1c(C2Cc3ccccc3S2)n[nH]c1=S. The van der Waals surface area contributed by atoms with Gasteiger partial charge in [-0.1, -0.05) is 18.2 Å². The molecule has 1 N–H and O–H groups in total. The minimum absolute atomic E-state index is 0.389. The number of rotatable bonds is 2. The van der Waals surface area contributed by atoms with E-state index in [1.54, 1.807) is 0 Å². The monoisotopic (exact) mass is 263 g/mol. The second kappa shape index (κ2) is 4.31. The van der Waals surface area contributed by atoms with E-state index in [0.717, 1.165) is 23.6 Å². The van der Waals surface area contributed by atoms with Gasteiger partial charge in [-0.3, -0.25) is 5.10 Å². The number of aromatic nitrogens is 3. The predicted molar refractivity (Wildman–Crippen MR) is 71.8 cm³/mol. The van der Waals surface area contributed by atoms with Gasteiger partial charge in [0, 0.05) is 11.4 Å². The smallest absolute Gasteiger partial charge is 0.195 e. The first-order valence-electron chi connectivity index (χ1n) is 5.69. The van der Waals surface area contributed by atoms with Gasteiger partial charge in [-0.05, 0) is 37.2 Å². The highest BCUT2D eigenvalue weighted by Gasteiger charge is 2.27. The molecule has 0 aliphatic carbocycles. The van der Waals surface area contributed by atoms with Crippen molar-refractivity contribution >= 4 is 24.0 Å². The third-order valence-electron chi connectivity index (χ3n) is 3.04. The summed E-state index contributed by atoms with van der Waals surface area (Å²) in [5, 5.41) is 7.66. The molecule has 1 atom stereocenters. The van der Waals surface area contributed by atoms with Crippen LogP contribution in [-0.2, 0) is 13.0 Å². The number of aromatic amines is 1. The fraction of sp³-hybridized carbons (Fsp3) is 0.333. The van der Waals surface area contributed by atoms with E-state index < -0.39 is 0 Å². The maximum absolute atomic E-state index is 5.23. The molecular weight excluding hydrogens is 250 g/mol. The number of thioether (sulfide) groups is 1.